The zero-order valence-corrected chi connectivity index (χ0v) is 11.8. The van der Waals surface area contributed by atoms with Crippen LogP contribution in [0, 0.1) is 11.8 Å². The lowest BCUT2D eigenvalue weighted by molar-refractivity contribution is 0.0785. The molecule has 1 amide bonds. The molecule has 0 fully saturated rings. The van der Waals surface area contributed by atoms with Gasteiger partial charge in [0.15, 0.2) is 0 Å². The summed E-state index contributed by atoms with van der Waals surface area (Å²) in [6.07, 6.45) is 3.42. The van der Waals surface area contributed by atoms with E-state index < -0.39 is 0 Å². The summed E-state index contributed by atoms with van der Waals surface area (Å²) in [6, 6.07) is 10.8. The topological polar surface area (TPSA) is 53.4 Å². The number of pyridine rings is 1. The van der Waals surface area contributed by atoms with Crippen molar-refractivity contribution in [3.05, 3.63) is 65.5 Å². The molecule has 0 aliphatic carbocycles. The van der Waals surface area contributed by atoms with Crippen molar-refractivity contribution >= 4 is 5.91 Å². The summed E-state index contributed by atoms with van der Waals surface area (Å²) in [4.78, 5) is 17.9. The van der Waals surface area contributed by atoms with Crippen molar-refractivity contribution in [3.63, 3.8) is 0 Å². The highest BCUT2D eigenvalue weighted by atomic mass is 16.2. The number of carbonyl (C=O) groups excluding carboxylic acids is 1. The second kappa shape index (κ2) is 7.22. The number of nitrogens with zero attached hydrogens (tertiary/aromatic N) is 2. The van der Waals surface area contributed by atoms with Crippen LogP contribution >= 0.6 is 0 Å². The van der Waals surface area contributed by atoms with Crippen LogP contribution in [-0.4, -0.2) is 34.6 Å². The largest absolute Gasteiger partial charge is 0.384 e. The summed E-state index contributed by atoms with van der Waals surface area (Å²) in [5, 5.41) is 8.64. The van der Waals surface area contributed by atoms with Crippen molar-refractivity contribution in [3.8, 4) is 11.8 Å². The Kier molecular flexibility index (Phi) is 5.08. The zero-order valence-electron chi connectivity index (χ0n) is 11.8. The molecule has 21 heavy (non-hydrogen) atoms. The molecule has 1 heterocycles. The fourth-order valence-corrected chi connectivity index (χ4v) is 1.89. The molecule has 0 unspecified atom stereocenters. The van der Waals surface area contributed by atoms with Gasteiger partial charge in [-0.3, -0.25) is 9.78 Å². The maximum Gasteiger partial charge on any atom is 0.253 e. The van der Waals surface area contributed by atoms with Gasteiger partial charge in [0.05, 0.1) is 0 Å². The van der Waals surface area contributed by atoms with Crippen LogP contribution in [-0.2, 0) is 6.54 Å². The third-order valence-corrected chi connectivity index (χ3v) is 2.96. The minimum Gasteiger partial charge on any atom is -0.384 e. The maximum atomic E-state index is 12.3. The Morgan fingerprint density at radius 1 is 1.19 bits per heavy atom. The van der Waals surface area contributed by atoms with E-state index in [0.29, 0.717) is 12.1 Å². The van der Waals surface area contributed by atoms with Gasteiger partial charge in [-0.1, -0.05) is 11.8 Å². The molecule has 0 spiro atoms. The number of benzene rings is 1. The molecule has 0 aliphatic heterocycles. The Balaban J connectivity index is 2.05. The highest BCUT2D eigenvalue weighted by Crippen LogP contribution is 2.09. The molecule has 106 valence electrons. The lowest BCUT2D eigenvalue weighted by Crippen LogP contribution is -2.26. The summed E-state index contributed by atoms with van der Waals surface area (Å²) in [5.74, 6) is 5.32. The molecule has 0 saturated heterocycles. The summed E-state index contributed by atoms with van der Waals surface area (Å²) >= 11 is 0. The monoisotopic (exact) mass is 280 g/mol. The Bertz CT molecular complexity index is 655. The molecule has 2 rings (SSSR count). The van der Waals surface area contributed by atoms with E-state index in [1.807, 2.05) is 12.1 Å². The maximum absolute atomic E-state index is 12.3. The third kappa shape index (κ3) is 4.16. The van der Waals surface area contributed by atoms with Gasteiger partial charge in [0, 0.05) is 37.1 Å². The zero-order chi connectivity index (χ0) is 15.1. The van der Waals surface area contributed by atoms with Gasteiger partial charge in [-0.05, 0) is 42.0 Å². The molecule has 1 aromatic carbocycles. The number of hydrogen-bond acceptors (Lipinski definition) is 3. The minimum atomic E-state index is -0.171. The Hall–Kier alpha value is -2.64. The fraction of sp³-hybridized carbons (Fsp3) is 0.176. The van der Waals surface area contributed by atoms with E-state index in [2.05, 4.69) is 16.8 Å². The van der Waals surface area contributed by atoms with E-state index in [-0.39, 0.29) is 12.5 Å². The molecular formula is C17H16N2O2. The highest BCUT2D eigenvalue weighted by Gasteiger charge is 2.11. The molecule has 0 atom stereocenters. The van der Waals surface area contributed by atoms with E-state index in [0.717, 1.165) is 11.1 Å². The standard InChI is InChI=1S/C17H16N2O2/c1-19(13-15-8-10-18-11-9-15)17(21)16-6-4-14(5-7-16)3-2-12-20/h4-11,20H,12-13H2,1H3. The van der Waals surface area contributed by atoms with E-state index in [1.165, 1.54) is 0 Å². The normalized spacial score (nSPS) is 9.62. The van der Waals surface area contributed by atoms with Crippen LogP contribution < -0.4 is 0 Å². The smallest absolute Gasteiger partial charge is 0.253 e. The SMILES string of the molecule is CN(Cc1ccncc1)C(=O)c1ccc(C#CCO)cc1. The Morgan fingerprint density at radius 2 is 1.86 bits per heavy atom. The quantitative estimate of drug-likeness (QED) is 0.871. The predicted molar refractivity (Wildman–Crippen MR) is 80.4 cm³/mol. The van der Waals surface area contributed by atoms with Gasteiger partial charge < -0.3 is 10.0 Å². The van der Waals surface area contributed by atoms with Crippen LogP contribution in [0.25, 0.3) is 0 Å². The van der Waals surface area contributed by atoms with Crippen LogP contribution in [0.15, 0.2) is 48.8 Å². The summed E-state index contributed by atoms with van der Waals surface area (Å²) in [5.41, 5.74) is 2.42. The van der Waals surface area contributed by atoms with Crippen LogP contribution in [0.4, 0.5) is 0 Å². The number of aliphatic hydroxyl groups excluding tert-OH is 1. The number of rotatable bonds is 3. The molecule has 0 bridgehead atoms. The summed E-state index contributed by atoms with van der Waals surface area (Å²) < 4.78 is 0. The van der Waals surface area contributed by atoms with E-state index >= 15 is 0 Å². The van der Waals surface area contributed by atoms with Crippen molar-refractivity contribution in [2.45, 2.75) is 6.54 Å². The Morgan fingerprint density at radius 3 is 2.48 bits per heavy atom. The molecule has 1 aromatic heterocycles. The first kappa shape index (κ1) is 14.8. The number of carbonyl (C=O) groups is 1. The molecule has 2 aromatic rings. The Labute approximate surface area is 124 Å². The van der Waals surface area contributed by atoms with Crippen molar-refractivity contribution in [1.29, 1.82) is 0 Å². The van der Waals surface area contributed by atoms with Crippen LogP contribution in [0.3, 0.4) is 0 Å². The highest BCUT2D eigenvalue weighted by molar-refractivity contribution is 5.94. The first-order chi connectivity index (χ1) is 10.2. The van der Waals surface area contributed by atoms with Gasteiger partial charge in [0.1, 0.15) is 6.61 Å². The molecule has 0 radical (unpaired) electrons. The van der Waals surface area contributed by atoms with Crippen LogP contribution in [0.5, 0.6) is 0 Å². The number of amides is 1. The number of aliphatic hydroxyl groups is 1. The molecule has 1 N–H and O–H groups in total. The number of aromatic nitrogens is 1. The second-order valence-corrected chi connectivity index (χ2v) is 4.55. The van der Waals surface area contributed by atoms with Crippen molar-refractivity contribution in [2.75, 3.05) is 13.7 Å². The predicted octanol–water partition coefficient (Wildman–Crippen LogP) is 1.70. The van der Waals surface area contributed by atoms with Crippen molar-refractivity contribution in [1.82, 2.24) is 9.88 Å². The van der Waals surface area contributed by atoms with Gasteiger partial charge >= 0.3 is 0 Å². The van der Waals surface area contributed by atoms with Gasteiger partial charge in [-0.15, -0.1) is 0 Å². The average Bonchev–Trinajstić information content (AvgIpc) is 2.53. The molecule has 0 saturated carbocycles. The van der Waals surface area contributed by atoms with E-state index in [4.69, 9.17) is 5.11 Å². The van der Waals surface area contributed by atoms with Crippen molar-refractivity contribution in [2.24, 2.45) is 0 Å². The first-order valence-electron chi connectivity index (χ1n) is 6.55. The molecular weight excluding hydrogens is 264 g/mol. The van der Waals surface area contributed by atoms with Gasteiger partial charge in [-0.25, -0.2) is 0 Å². The van der Waals surface area contributed by atoms with Crippen LogP contribution in [0.1, 0.15) is 21.5 Å². The number of hydrogen-bond donors (Lipinski definition) is 1. The summed E-state index contributed by atoms with van der Waals surface area (Å²) in [6.45, 7) is 0.364. The first-order valence-corrected chi connectivity index (χ1v) is 6.55. The second-order valence-electron chi connectivity index (χ2n) is 4.55. The van der Waals surface area contributed by atoms with Gasteiger partial charge in [-0.2, -0.15) is 0 Å². The summed E-state index contributed by atoms with van der Waals surface area (Å²) in [7, 11) is 1.77. The van der Waals surface area contributed by atoms with E-state index in [1.54, 1.807) is 48.6 Å². The average molecular weight is 280 g/mol. The fourth-order valence-electron chi connectivity index (χ4n) is 1.89. The van der Waals surface area contributed by atoms with Crippen LogP contribution in [0.2, 0.25) is 0 Å². The lowest BCUT2D eigenvalue weighted by Gasteiger charge is -2.17. The molecule has 0 aliphatic rings. The van der Waals surface area contributed by atoms with Gasteiger partial charge in [0.25, 0.3) is 5.91 Å². The van der Waals surface area contributed by atoms with Crippen molar-refractivity contribution < 1.29 is 9.90 Å². The minimum absolute atomic E-state index is 0.0477. The third-order valence-electron chi connectivity index (χ3n) is 2.96. The molecule has 4 nitrogen and oxygen atoms in total. The lowest BCUT2D eigenvalue weighted by atomic mass is 10.1. The molecule has 4 heteroatoms. The van der Waals surface area contributed by atoms with E-state index in [9.17, 15) is 4.79 Å². The van der Waals surface area contributed by atoms with Gasteiger partial charge in [0.2, 0.25) is 0 Å².